The summed E-state index contributed by atoms with van der Waals surface area (Å²) < 4.78 is 0. The molecule has 0 aliphatic carbocycles. The number of carbonyl (C=O) groups excluding carboxylic acids is 3. The van der Waals surface area contributed by atoms with Crippen LogP contribution in [-0.4, -0.2) is 22.8 Å². The van der Waals surface area contributed by atoms with Crippen molar-refractivity contribution in [3.8, 4) is 10.6 Å². The van der Waals surface area contributed by atoms with Gasteiger partial charge in [0.15, 0.2) is 11.6 Å². The van der Waals surface area contributed by atoms with Crippen molar-refractivity contribution >= 4 is 52.4 Å². The third-order valence-corrected chi connectivity index (χ3v) is 6.14. The molecule has 0 aliphatic rings. The molecule has 1 heterocycles. The van der Waals surface area contributed by atoms with Crippen molar-refractivity contribution in [2.24, 2.45) is 10.8 Å². The number of thiazole rings is 1. The maximum absolute atomic E-state index is 12.8. The van der Waals surface area contributed by atoms with Crippen molar-refractivity contribution in [2.45, 2.75) is 41.0 Å². The summed E-state index contributed by atoms with van der Waals surface area (Å²) in [4.78, 5) is 42.1. The second-order valence-corrected chi connectivity index (χ2v) is 9.59. The first kappa shape index (κ1) is 21.7. The number of ketones is 2. The van der Waals surface area contributed by atoms with Gasteiger partial charge in [0.1, 0.15) is 11.3 Å². The number of Topliss-reactive ketones (excluding diaryl/α,β-unsaturated/α-hetero) is 2. The Morgan fingerprint density at radius 1 is 1.19 bits per heavy atom. The van der Waals surface area contributed by atoms with Gasteiger partial charge in [0.05, 0.1) is 28.0 Å². The van der Waals surface area contributed by atoms with Gasteiger partial charge in [-0.05, 0) is 52.8 Å². The lowest BCUT2D eigenvalue weighted by atomic mass is 9.71. The van der Waals surface area contributed by atoms with E-state index in [9.17, 15) is 14.4 Å². The zero-order chi connectivity index (χ0) is 20.6. The number of benzene rings is 1. The average molecular weight is 426 g/mol. The minimum atomic E-state index is -1.28. The van der Waals surface area contributed by atoms with Crippen LogP contribution in [0.25, 0.3) is 10.6 Å². The zero-order valence-electron chi connectivity index (χ0n) is 15.9. The molecule has 0 saturated heterocycles. The topological polar surface area (TPSA) is 64.1 Å². The number of hydrogen-bond donors (Lipinski definition) is 0. The number of carbonyl (C=O) groups is 3. The maximum atomic E-state index is 12.8. The molecule has 0 fully saturated rings. The van der Waals surface area contributed by atoms with Gasteiger partial charge in [0.2, 0.25) is 0 Å². The Morgan fingerprint density at radius 2 is 1.81 bits per heavy atom. The van der Waals surface area contributed by atoms with E-state index < -0.39 is 16.6 Å². The highest BCUT2D eigenvalue weighted by Gasteiger charge is 2.43. The van der Waals surface area contributed by atoms with Crippen molar-refractivity contribution in [1.29, 1.82) is 0 Å². The summed E-state index contributed by atoms with van der Waals surface area (Å²) in [6.45, 7) is 8.01. The predicted octanol–water partition coefficient (Wildman–Crippen LogP) is 5.36. The first-order valence-electron chi connectivity index (χ1n) is 8.36. The van der Waals surface area contributed by atoms with Crippen molar-refractivity contribution in [3.05, 3.63) is 38.8 Å². The molecule has 0 bridgehead atoms. The van der Waals surface area contributed by atoms with E-state index in [0.717, 1.165) is 4.88 Å². The molecule has 0 unspecified atom stereocenters. The summed E-state index contributed by atoms with van der Waals surface area (Å²) in [5, 5.41) is 1.73. The summed E-state index contributed by atoms with van der Waals surface area (Å²) in [6.07, 6.45) is 0.589. The van der Waals surface area contributed by atoms with Crippen LogP contribution in [0.1, 0.15) is 38.3 Å². The number of halogens is 2. The molecule has 27 heavy (non-hydrogen) atoms. The molecule has 4 nitrogen and oxygen atoms in total. The highest BCUT2D eigenvalue weighted by Crippen LogP contribution is 2.36. The molecule has 1 aromatic heterocycles. The lowest BCUT2D eigenvalue weighted by Crippen LogP contribution is -2.43. The van der Waals surface area contributed by atoms with Crippen molar-refractivity contribution < 1.29 is 14.4 Å². The van der Waals surface area contributed by atoms with Crippen LogP contribution in [0.4, 0.5) is 0 Å². The molecule has 2 aromatic rings. The van der Waals surface area contributed by atoms with Crippen LogP contribution >= 0.6 is 34.5 Å². The Morgan fingerprint density at radius 3 is 2.41 bits per heavy atom. The molecular weight excluding hydrogens is 405 g/mol. The Hall–Kier alpha value is -1.56. The van der Waals surface area contributed by atoms with E-state index in [4.69, 9.17) is 23.2 Å². The van der Waals surface area contributed by atoms with Gasteiger partial charge in [-0.2, -0.15) is 0 Å². The average Bonchev–Trinajstić information content (AvgIpc) is 2.96. The number of hydrogen-bond acceptors (Lipinski definition) is 5. The predicted molar refractivity (Wildman–Crippen MR) is 110 cm³/mol. The van der Waals surface area contributed by atoms with Gasteiger partial charge in [-0.15, -0.1) is 11.3 Å². The second-order valence-electron chi connectivity index (χ2n) is 7.54. The minimum absolute atomic E-state index is 0.00813. The SMILES string of the molecule is Cc1sc(-c2cc(Cl)ccc2Cl)nc1CC(=O)C(C)(C)C(=O)C(C)(C)C=O. The van der Waals surface area contributed by atoms with Crippen LogP contribution in [0.5, 0.6) is 0 Å². The highest BCUT2D eigenvalue weighted by molar-refractivity contribution is 7.15. The molecular formula is C20H21Cl2NO3S. The largest absolute Gasteiger partial charge is 0.302 e. The van der Waals surface area contributed by atoms with E-state index in [1.165, 1.54) is 25.2 Å². The lowest BCUT2D eigenvalue weighted by molar-refractivity contribution is -0.145. The van der Waals surface area contributed by atoms with Crippen LogP contribution in [0.2, 0.25) is 10.0 Å². The lowest BCUT2D eigenvalue weighted by Gasteiger charge is -2.28. The molecule has 0 atom stereocenters. The quantitative estimate of drug-likeness (QED) is 0.442. The van der Waals surface area contributed by atoms with Gasteiger partial charge in [0, 0.05) is 15.5 Å². The third kappa shape index (κ3) is 4.48. The molecule has 1 aromatic carbocycles. The maximum Gasteiger partial charge on any atom is 0.158 e. The van der Waals surface area contributed by atoms with Crippen molar-refractivity contribution in [3.63, 3.8) is 0 Å². The summed E-state index contributed by atoms with van der Waals surface area (Å²) in [6, 6.07) is 5.12. The smallest absolute Gasteiger partial charge is 0.158 e. The first-order chi connectivity index (χ1) is 12.4. The van der Waals surface area contributed by atoms with Gasteiger partial charge >= 0.3 is 0 Å². The summed E-state index contributed by atoms with van der Waals surface area (Å²) in [5.41, 5.74) is -1.20. The Bertz CT molecular complexity index is 916. The summed E-state index contributed by atoms with van der Waals surface area (Å²) >= 11 is 13.7. The fraction of sp³-hybridized carbons (Fsp3) is 0.400. The van der Waals surface area contributed by atoms with Crippen LogP contribution in [0.15, 0.2) is 18.2 Å². The Kier molecular flexibility index (Phi) is 6.30. The Balaban J connectivity index is 2.32. The number of aromatic nitrogens is 1. The molecule has 2 rings (SSSR count). The van der Waals surface area contributed by atoms with E-state index in [-0.39, 0.29) is 12.2 Å². The molecule has 0 N–H and O–H groups in total. The van der Waals surface area contributed by atoms with Gasteiger partial charge in [-0.3, -0.25) is 9.59 Å². The summed E-state index contributed by atoms with van der Waals surface area (Å²) in [7, 11) is 0. The fourth-order valence-corrected chi connectivity index (χ4v) is 4.12. The number of aldehydes is 1. The third-order valence-electron chi connectivity index (χ3n) is 4.52. The van der Waals surface area contributed by atoms with Gasteiger partial charge in [0.25, 0.3) is 0 Å². The molecule has 7 heteroatoms. The van der Waals surface area contributed by atoms with Crippen LogP contribution in [0, 0.1) is 17.8 Å². The van der Waals surface area contributed by atoms with E-state index in [0.29, 0.717) is 32.6 Å². The van der Waals surface area contributed by atoms with Gasteiger partial charge < -0.3 is 4.79 Å². The first-order valence-corrected chi connectivity index (χ1v) is 9.93. The molecule has 0 saturated carbocycles. The normalized spacial score (nSPS) is 12.1. The Labute approximate surface area is 172 Å². The molecule has 0 amide bonds. The van der Waals surface area contributed by atoms with Crippen molar-refractivity contribution in [1.82, 2.24) is 4.98 Å². The van der Waals surface area contributed by atoms with Crippen LogP contribution < -0.4 is 0 Å². The standard InChI is InChI=1S/C20H21Cl2NO3S/c1-11-15(9-16(25)20(4,5)18(26)19(2,3)10-24)23-17(27-11)13-8-12(21)6-7-14(13)22/h6-8,10H,9H2,1-5H3. The second kappa shape index (κ2) is 7.82. The van der Waals surface area contributed by atoms with Gasteiger partial charge in [-0.1, -0.05) is 23.2 Å². The van der Waals surface area contributed by atoms with E-state index in [1.807, 2.05) is 6.92 Å². The number of rotatable bonds is 7. The van der Waals surface area contributed by atoms with E-state index in [2.05, 4.69) is 4.98 Å². The number of nitrogens with zero attached hydrogens (tertiary/aromatic N) is 1. The minimum Gasteiger partial charge on any atom is -0.302 e. The van der Waals surface area contributed by atoms with Gasteiger partial charge in [-0.25, -0.2) is 4.98 Å². The zero-order valence-corrected chi connectivity index (χ0v) is 18.2. The summed E-state index contributed by atoms with van der Waals surface area (Å²) in [5.74, 6) is -0.680. The number of aryl methyl sites for hydroxylation is 1. The monoisotopic (exact) mass is 425 g/mol. The molecule has 0 aliphatic heterocycles. The van der Waals surface area contributed by atoms with E-state index >= 15 is 0 Å². The highest BCUT2D eigenvalue weighted by atomic mass is 35.5. The van der Waals surface area contributed by atoms with Crippen LogP contribution in [-0.2, 0) is 20.8 Å². The molecule has 0 spiro atoms. The van der Waals surface area contributed by atoms with Crippen molar-refractivity contribution in [2.75, 3.05) is 0 Å². The molecule has 0 radical (unpaired) electrons. The van der Waals surface area contributed by atoms with Crippen LogP contribution in [0.3, 0.4) is 0 Å². The fourth-order valence-electron chi connectivity index (χ4n) is 2.73. The van der Waals surface area contributed by atoms with E-state index in [1.54, 1.807) is 32.0 Å². The molecule has 144 valence electrons.